The highest BCUT2D eigenvalue weighted by Gasteiger charge is 2.44. The van der Waals surface area contributed by atoms with Gasteiger partial charge in [-0.05, 0) is 42.0 Å². The van der Waals surface area contributed by atoms with Gasteiger partial charge in [-0.25, -0.2) is 0 Å². The summed E-state index contributed by atoms with van der Waals surface area (Å²) in [6.07, 6.45) is -0.0558. The molecule has 1 saturated heterocycles. The second-order valence-corrected chi connectivity index (χ2v) is 10.8. The Labute approximate surface area is 244 Å². The van der Waals surface area contributed by atoms with Gasteiger partial charge in [0.25, 0.3) is 5.91 Å². The molecule has 1 heterocycles. The minimum Gasteiger partial charge on any atom is -0.393 e. The Bertz CT molecular complexity index is 1240. The van der Waals surface area contributed by atoms with Crippen molar-refractivity contribution in [2.24, 2.45) is 0 Å². The van der Waals surface area contributed by atoms with Gasteiger partial charge < -0.3 is 14.7 Å². The molecule has 1 fully saturated rings. The Morgan fingerprint density at radius 3 is 1.59 bits per heavy atom. The van der Waals surface area contributed by atoms with E-state index in [-0.39, 0.29) is 5.91 Å². The summed E-state index contributed by atoms with van der Waals surface area (Å²) in [5, 5.41) is 9.94. The monoisotopic (exact) mass is 548 g/mol. The van der Waals surface area contributed by atoms with Crippen LogP contribution in [0.4, 0.5) is 0 Å². The van der Waals surface area contributed by atoms with Crippen molar-refractivity contribution in [3.63, 3.8) is 0 Å². The Balaban J connectivity index is 1.40. The predicted octanol–water partition coefficient (Wildman–Crippen LogP) is 5.87. The fourth-order valence-corrected chi connectivity index (χ4v) is 5.99. The molecule has 1 aliphatic heterocycles. The number of aliphatic hydroxyl groups is 1. The largest absolute Gasteiger partial charge is 0.393 e. The molecule has 5 rings (SSSR count). The lowest BCUT2D eigenvalue weighted by Gasteiger charge is -2.49. The lowest BCUT2D eigenvalue weighted by Crippen LogP contribution is -2.58. The highest BCUT2D eigenvalue weighted by molar-refractivity contribution is 5.81. The SMILES string of the molecule is CC(O)CCC(OCc1ccccc1)C(=O)N1CCN(C(c2ccccc2)(c2ccccc2)c2ccccc2)CC1. The van der Waals surface area contributed by atoms with Gasteiger partial charge in [-0.1, -0.05) is 121 Å². The summed E-state index contributed by atoms with van der Waals surface area (Å²) >= 11 is 0. The molecule has 212 valence electrons. The van der Waals surface area contributed by atoms with Gasteiger partial charge in [0.15, 0.2) is 0 Å². The summed E-state index contributed by atoms with van der Waals surface area (Å²) in [7, 11) is 0. The van der Waals surface area contributed by atoms with Crippen LogP contribution in [0, 0.1) is 0 Å². The Hall–Kier alpha value is -3.77. The molecule has 4 aromatic rings. The first-order valence-electron chi connectivity index (χ1n) is 14.6. The molecule has 0 aliphatic carbocycles. The molecule has 5 nitrogen and oxygen atoms in total. The second-order valence-electron chi connectivity index (χ2n) is 10.8. The van der Waals surface area contributed by atoms with Crippen molar-refractivity contribution in [2.75, 3.05) is 26.2 Å². The molecular weight excluding hydrogens is 508 g/mol. The summed E-state index contributed by atoms with van der Waals surface area (Å²) < 4.78 is 6.18. The number of nitrogens with zero attached hydrogens (tertiary/aromatic N) is 2. The number of rotatable bonds is 11. The highest BCUT2D eigenvalue weighted by Crippen LogP contribution is 2.42. The molecule has 5 heteroatoms. The first-order chi connectivity index (χ1) is 20.1. The Morgan fingerprint density at radius 2 is 1.15 bits per heavy atom. The van der Waals surface area contributed by atoms with Gasteiger partial charge >= 0.3 is 0 Å². The van der Waals surface area contributed by atoms with E-state index in [0.717, 1.165) is 5.56 Å². The van der Waals surface area contributed by atoms with E-state index in [4.69, 9.17) is 4.74 Å². The molecule has 2 atom stereocenters. The maximum absolute atomic E-state index is 13.8. The van der Waals surface area contributed by atoms with Crippen LogP contribution in [0.3, 0.4) is 0 Å². The molecular formula is C36H40N2O3. The average molecular weight is 549 g/mol. The highest BCUT2D eigenvalue weighted by atomic mass is 16.5. The molecule has 41 heavy (non-hydrogen) atoms. The van der Waals surface area contributed by atoms with Gasteiger partial charge in [0.05, 0.1) is 18.2 Å². The van der Waals surface area contributed by atoms with Gasteiger partial charge in [0.2, 0.25) is 0 Å². The van der Waals surface area contributed by atoms with E-state index in [1.54, 1.807) is 6.92 Å². The maximum Gasteiger partial charge on any atom is 0.251 e. The van der Waals surface area contributed by atoms with Crippen LogP contribution in [0.1, 0.15) is 42.0 Å². The van der Waals surface area contributed by atoms with Gasteiger partial charge in [-0.3, -0.25) is 9.69 Å². The van der Waals surface area contributed by atoms with Crippen molar-refractivity contribution in [3.8, 4) is 0 Å². The quantitative estimate of drug-likeness (QED) is 0.238. The maximum atomic E-state index is 13.8. The third kappa shape index (κ3) is 6.59. The van der Waals surface area contributed by atoms with Crippen LogP contribution in [0.5, 0.6) is 0 Å². The second kappa shape index (κ2) is 13.7. The minimum absolute atomic E-state index is 0.00552. The zero-order chi connectivity index (χ0) is 28.5. The number of hydrogen-bond acceptors (Lipinski definition) is 4. The van der Waals surface area contributed by atoms with Crippen molar-refractivity contribution in [1.29, 1.82) is 0 Å². The van der Waals surface area contributed by atoms with E-state index in [1.807, 2.05) is 35.2 Å². The average Bonchev–Trinajstić information content (AvgIpc) is 3.03. The molecule has 2 unspecified atom stereocenters. The smallest absolute Gasteiger partial charge is 0.251 e. The van der Waals surface area contributed by atoms with Crippen molar-refractivity contribution < 1.29 is 14.6 Å². The van der Waals surface area contributed by atoms with E-state index in [1.165, 1.54) is 16.7 Å². The molecule has 1 N–H and O–H groups in total. The topological polar surface area (TPSA) is 53.0 Å². The number of carbonyl (C=O) groups is 1. The fourth-order valence-electron chi connectivity index (χ4n) is 5.99. The van der Waals surface area contributed by atoms with Crippen LogP contribution in [-0.4, -0.2) is 59.2 Å². The normalized spacial score (nSPS) is 15.8. The van der Waals surface area contributed by atoms with Crippen molar-refractivity contribution in [2.45, 2.75) is 44.1 Å². The molecule has 0 radical (unpaired) electrons. The first kappa shape index (κ1) is 28.7. The first-order valence-corrected chi connectivity index (χ1v) is 14.6. The van der Waals surface area contributed by atoms with Crippen LogP contribution in [0.25, 0.3) is 0 Å². The van der Waals surface area contributed by atoms with Gasteiger partial charge in [-0.2, -0.15) is 0 Å². The molecule has 1 amide bonds. The third-order valence-electron chi connectivity index (χ3n) is 8.06. The number of carbonyl (C=O) groups excluding carboxylic acids is 1. The summed E-state index contributed by atoms with van der Waals surface area (Å²) in [5.74, 6) is 0.00552. The van der Waals surface area contributed by atoms with Crippen molar-refractivity contribution >= 4 is 5.91 Å². The number of piperazine rings is 1. The van der Waals surface area contributed by atoms with E-state index in [9.17, 15) is 9.90 Å². The van der Waals surface area contributed by atoms with E-state index in [2.05, 4.69) is 95.9 Å². The van der Waals surface area contributed by atoms with Gasteiger partial charge in [0.1, 0.15) is 6.10 Å². The molecule has 0 bridgehead atoms. The van der Waals surface area contributed by atoms with Gasteiger partial charge in [0, 0.05) is 26.2 Å². The summed E-state index contributed by atoms with van der Waals surface area (Å²) in [6.45, 7) is 4.77. The van der Waals surface area contributed by atoms with E-state index < -0.39 is 17.7 Å². The number of benzene rings is 4. The van der Waals surface area contributed by atoms with E-state index >= 15 is 0 Å². The lowest BCUT2D eigenvalue weighted by molar-refractivity contribution is -0.147. The predicted molar refractivity (Wildman–Crippen MR) is 163 cm³/mol. The van der Waals surface area contributed by atoms with Crippen LogP contribution < -0.4 is 0 Å². The number of aliphatic hydroxyl groups excluding tert-OH is 1. The van der Waals surface area contributed by atoms with Crippen LogP contribution in [0.15, 0.2) is 121 Å². The van der Waals surface area contributed by atoms with Crippen LogP contribution in [0.2, 0.25) is 0 Å². The standard InChI is InChI=1S/C36H40N2O3/c1-29(39)22-23-34(41-28-30-14-6-2-7-15-30)35(40)37-24-26-38(27-25-37)36(31-16-8-3-9-17-31,32-18-10-4-11-19-32)33-20-12-5-13-21-33/h2-21,29,34,39H,22-28H2,1H3. The zero-order valence-electron chi connectivity index (χ0n) is 23.8. The Kier molecular flexibility index (Phi) is 9.63. The molecule has 0 saturated carbocycles. The third-order valence-corrected chi connectivity index (χ3v) is 8.06. The van der Waals surface area contributed by atoms with Crippen LogP contribution >= 0.6 is 0 Å². The zero-order valence-corrected chi connectivity index (χ0v) is 23.8. The lowest BCUT2D eigenvalue weighted by atomic mass is 9.75. The molecule has 4 aromatic carbocycles. The Morgan fingerprint density at radius 1 is 0.707 bits per heavy atom. The van der Waals surface area contributed by atoms with Gasteiger partial charge in [-0.15, -0.1) is 0 Å². The molecule has 0 spiro atoms. The molecule has 1 aliphatic rings. The number of amides is 1. The fraction of sp³-hybridized carbons (Fsp3) is 0.306. The number of ether oxygens (including phenoxy) is 1. The van der Waals surface area contributed by atoms with E-state index in [0.29, 0.717) is 45.6 Å². The summed E-state index contributed by atoms with van der Waals surface area (Å²) in [5.41, 5.74) is 4.16. The van der Waals surface area contributed by atoms with Crippen LogP contribution in [-0.2, 0) is 21.7 Å². The number of hydrogen-bond donors (Lipinski definition) is 1. The summed E-state index contributed by atoms with van der Waals surface area (Å²) in [6, 6.07) is 42.0. The summed E-state index contributed by atoms with van der Waals surface area (Å²) in [4.78, 5) is 18.3. The van der Waals surface area contributed by atoms with Crippen molar-refractivity contribution in [1.82, 2.24) is 9.80 Å². The molecule has 0 aromatic heterocycles. The minimum atomic E-state index is -0.585. The van der Waals surface area contributed by atoms with Crippen molar-refractivity contribution in [3.05, 3.63) is 144 Å².